The molecule has 1 fully saturated rings. The number of guanidine groups is 1. The summed E-state index contributed by atoms with van der Waals surface area (Å²) >= 11 is 0. The number of nitrogens with zero attached hydrogens (tertiary/aromatic N) is 2. The summed E-state index contributed by atoms with van der Waals surface area (Å²) in [4.78, 5) is 7.33. The van der Waals surface area contributed by atoms with E-state index in [1.807, 2.05) is 0 Å². The normalized spacial score (nSPS) is 18.1. The van der Waals surface area contributed by atoms with Crippen LogP contribution in [0.25, 0.3) is 0 Å². The Hall–Kier alpha value is -0.0800. The molecule has 1 aliphatic heterocycles. The van der Waals surface area contributed by atoms with Crippen LogP contribution in [-0.4, -0.2) is 61.8 Å². The van der Waals surface area contributed by atoms with Gasteiger partial charge in [0, 0.05) is 32.8 Å². The van der Waals surface area contributed by atoms with Crippen molar-refractivity contribution in [1.29, 1.82) is 0 Å². The Bertz CT molecular complexity index is 346. The van der Waals surface area contributed by atoms with Gasteiger partial charge in [0.1, 0.15) is 0 Å². The van der Waals surface area contributed by atoms with Crippen LogP contribution in [0.5, 0.6) is 0 Å². The molecule has 0 spiro atoms. The largest absolute Gasteiger partial charge is 0.396 e. The van der Waals surface area contributed by atoms with Crippen LogP contribution in [-0.2, 0) is 0 Å². The molecule has 3 N–H and O–H groups in total. The van der Waals surface area contributed by atoms with E-state index in [1.165, 1.54) is 25.9 Å². The highest BCUT2D eigenvalue weighted by molar-refractivity contribution is 14.0. The van der Waals surface area contributed by atoms with Gasteiger partial charge in [-0.3, -0.25) is 4.99 Å². The lowest BCUT2D eigenvalue weighted by atomic mass is 9.94. The molecule has 5 nitrogen and oxygen atoms in total. The molecule has 0 bridgehead atoms. The lowest BCUT2D eigenvalue weighted by molar-refractivity contribution is 0.243. The summed E-state index contributed by atoms with van der Waals surface area (Å²) in [6, 6.07) is 0. The SMILES string of the molecule is CCNC(=NCC(C)CN1CCCC1)NCC(CCO)CC(C)C.I. The minimum atomic E-state index is 0. The van der Waals surface area contributed by atoms with Crippen molar-refractivity contribution in [2.45, 2.75) is 53.4 Å². The molecule has 0 saturated carbocycles. The first kappa shape index (κ1) is 24.9. The van der Waals surface area contributed by atoms with Gasteiger partial charge in [-0.15, -0.1) is 24.0 Å². The van der Waals surface area contributed by atoms with Gasteiger partial charge in [-0.2, -0.15) is 0 Å². The number of hydrogen-bond acceptors (Lipinski definition) is 3. The van der Waals surface area contributed by atoms with E-state index in [1.54, 1.807) is 0 Å². The van der Waals surface area contributed by atoms with Crippen molar-refractivity contribution in [2.24, 2.45) is 22.7 Å². The number of aliphatic hydroxyl groups is 1. The van der Waals surface area contributed by atoms with Crippen LogP contribution in [0.3, 0.4) is 0 Å². The number of aliphatic hydroxyl groups excluding tert-OH is 1. The van der Waals surface area contributed by atoms with Gasteiger partial charge in [-0.25, -0.2) is 0 Å². The predicted molar refractivity (Wildman–Crippen MR) is 119 cm³/mol. The maximum absolute atomic E-state index is 9.25. The van der Waals surface area contributed by atoms with Crippen LogP contribution < -0.4 is 10.6 Å². The molecule has 150 valence electrons. The lowest BCUT2D eigenvalue weighted by Crippen LogP contribution is -2.40. The van der Waals surface area contributed by atoms with Gasteiger partial charge >= 0.3 is 0 Å². The molecular weight excluding hydrogens is 427 g/mol. The third-order valence-electron chi connectivity index (χ3n) is 4.57. The summed E-state index contributed by atoms with van der Waals surface area (Å²) in [6.07, 6.45) is 4.69. The van der Waals surface area contributed by atoms with E-state index in [2.05, 4.69) is 43.2 Å². The van der Waals surface area contributed by atoms with Crippen molar-refractivity contribution in [1.82, 2.24) is 15.5 Å². The molecule has 0 radical (unpaired) electrons. The molecule has 0 aromatic heterocycles. The Morgan fingerprint density at radius 2 is 1.84 bits per heavy atom. The van der Waals surface area contributed by atoms with Crippen LogP contribution in [0.1, 0.15) is 53.4 Å². The number of nitrogens with one attached hydrogen (secondary N) is 2. The second-order valence-electron chi connectivity index (χ2n) is 7.72. The second kappa shape index (κ2) is 15.0. The zero-order chi connectivity index (χ0) is 17.8. The molecule has 2 atom stereocenters. The van der Waals surface area contributed by atoms with Crippen LogP contribution >= 0.6 is 24.0 Å². The molecule has 1 heterocycles. The number of hydrogen-bond donors (Lipinski definition) is 3. The fraction of sp³-hybridized carbons (Fsp3) is 0.947. The summed E-state index contributed by atoms with van der Waals surface area (Å²) in [7, 11) is 0. The van der Waals surface area contributed by atoms with Crippen molar-refractivity contribution in [3.05, 3.63) is 0 Å². The molecule has 1 rings (SSSR count). The highest BCUT2D eigenvalue weighted by atomic mass is 127. The number of rotatable bonds is 11. The Kier molecular flexibility index (Phi) is 15.0. The van der Waals surface area contributed by atoms with Crippen LogP contribution in [0.2, 0.25) is 0 Å². The molecule has 0 aromatic carbocycles. The van der Waals surface area contributed by atoms with E-state index in [0.29, 0.717) is 17.8 Å². The van der Waals surface area contributed by atoms with Crippen molar-refractivity contribution in [2.75, 3.05) is 45.9 Å². The highest BCUT2D eigenvalue weighted by Crippen LogP contribution is 2.14. The molecule has 0 aliphatic carbocycles. The van der Waals surface area contributed by atoms with Gasteiger partial charge in [0.25, 0.3) is 0 Å². The quantitative estimate of drug-likeness (QED) is 0.248. The van der Waals surface area contributed by atoms with Gasteiger partial charge < -0.3 is 20.6 Å². The number of aliphatic imine (C=N–C) groups is 1. The molecule has 25 heavy (non-hydrogen) atoms. The summed E-state index contributed by atoms with van der Waals surface area (Å²) in [5.74, 6) is 2.66. The number of halogens is 1. The Labute approximate surface area is 172 Å². The van der Waals surface area contributed by atoms with E-state index in [9.17, 15) is 5.11 Å². The van der Waals surface area contributed by atoms with Crippen LogP contribution in [0.15, 0.2) is 4.99 Å². The zero-order valence-electron chi connectivity index (χ0n) is 16.8. The third kappa shape index (κ3) is 12.0. The summed E-state index contributed by atoms with van der Waals surface area (Å²) in [6.45, 7) is 15.4. The van der Waals surface area contributed by atoms with E-state index in [0.717, 1.165) is 45.0 Å². The molecule has 1 aliphatic rings. The van der Waals surface area contributed by atoms with Crippen LogP contribution in [0, 0.1) is 17.8 Å². The molecule has 0 amide bonds. The minimum Gasteiger partial charge on any atom is -0.396 e. The van der Waals surface area contributed by atoms with E-state index in [-0.39, 0.29) is 30.6 Å². The monoisotopic (exact) mass is 468 g/mol. The Morgan fingerprint density at radius 1 is 1.16 bits per heavy atom. The zero-order valence-corrected chi connectivity index (χ0v) is 19.1. The van der Waals surface area contributed by atoms with Gasteiger partial charge in [-0.1, -0.05) is 20.8 Å². The fourth-order valence-corrected chi connectivity index (χ4v) is 3.45. The fourth-order valence-electron chi connectivity index (χ4n) is 3.45. The smallest absolute Gasteiger partial charge is 0.191 e. The highest BCUT2D eigenvalue weighted by Gasteiger charge is 2.15. The minimum absolute atomic E-state index is 0. The van der Waals surface area contributed by atoms with Crippen molar-refractivity contribution < 1.29 is 5.11 Å². The summed E-state index contributed by atoms with van der Waals surface area (Å²) < 4.78 is 0. The average molecular weight is 468 g/mol. The van der Waals surface area contributed by atoms with Crippen molar-refractivity contribution in [3.63, 3.8) is 0 Å². The molecule has 2 unspecified atom stereocenters. The molecule has 6 heteroatoms. The molecular formula is C19H41IN4O. The topological polar surface area (TPSA) is 59.9 Å². The standard InChI is InChI=1S/C19H40N4O.HI/c1-5-20-19(22-14-18(8-11-24)12-16(2)3)21-13-17(4)15-23-9-6-7-10-23;/h16-18,24H,5-15H2,1-4H3,(H2,20,21,22);1H. The first-order valence-electron chi connectivity index (χ1n) is 9.90. The van der Waals surface area contributed by atoms with Gasteiger partial charge in [-0.05, 0) is 63.5 Å². The van der Waals surface area contributed by atoms with Gasteiger partial charge in [0.2, 0.25) is 0 Å². The first-order valence-corrected chi connectivity index (χ1v) is 9.90. The molecule has 1 saturated heterocycles. The Balaban J connectivity index is 0.00000576. The number of likely N-dealkylation sites (tertiary alicyclic amines) is 1. The van der Waals surface area contributed by atoms with E-state index >= 15 is 0 Å². The summed E-state index contributed by atoms with van der Waals surface area (Å²) in [5.41, 5.74) is 0. The van der Waals surface area contributed by atoms with Crippen LogP contribution in [0.4, 0.5) is 0 Å². The maximum atomic E-state index is 9.25. The molecule has 0 aromatic rings. The Morgan fingerprint density at radius 3 is 2.40 bits per heavy atom. The van der Waals surface area contributed by atoms with Crippen molar-refractivity contribution >= 4 is 29.9 Å². The predicted octanol–water partition coefficient (Wildman–Crippen LogP) is 2.94. The average Bonchev–Trinajstić information content (AvgIpc) is 3.02. The van der Waals surface area contributed by atoms with E-state index < -0.39 is 0 Å². The lowest BCUT2D eigenvalue weighted by Gasteiger charge is -2.21. The third-order valence-corrected chi connectivity index (χ3v) is 4.57. The summed E-state index contributed by atoms with van der Waals surface area (Å²) in [5, 5.41) is 16.1. The first-order chi connectivity index (χ1) is 11.5. The maximum Gasteiger partial charge on any atom is 0.191 e. The van der Waals surface area contributed by atoms with Gasteiger partial charge in [0.05, 0.1) is 0 Å². The van der Waals surface area contributed by atoms with E-state index in [4.69, 9.17) is 4.99 Å². The van der Waals surface area contributed by atoms with Gasteiger partial charge in [0.15, 0.2) is 5.96 Å². The van der Waals surface area contributed by atoms with Crippen molar-refractivity contribution in [3.8, 4) is 0 Å². The second-order valence-corrected chi connectivity index (χ2v) is 7.72.